The fourth-order valence-electron chi connectivity index (χ4n) is 6.68. The van der Waals surface area contributed by atoms with Gasteiger partial charge in [0.25, 0.3) is 5.91 Å². The maximum atomic E-state index is 13.5. The summed E-state index contributed by atoms with van der Waals surface area (Å²) in [5, 5.41) is 12.2. The van der Waals surface area contributed by atoms with Crippen LogP contribution in [0.25, 0.3) is 22.5 Å². The molecular formula is C39H41F3N4O4S. The molecule has 3 heterocycles. The number of aromatic nitrogens is 2. The predicted molar refractivity (Wildman–Crippen MR) is 189 cm³/mol. The number of carbonyl (C=O) groups is 3. The third kappa shape index (κ3) is 8.49. The lowest BCUT2D eigenvalue weighted by molar-refractivity contribution is -0.182. The number of carbonyl (C=O) groups excluding carboxylic acids is 2. The minimum atomic E-state index is -4.11. The molecule has 2 aromatic carbocycles. The number of nitrogens with zero attached hydrogens (tertiary/aromatic N) is 3. The van der Waals surface area contributed by atoms with E-state index in [1.54, 1.807) is 18.5 Å². The summed E-state index contributed by atoms with van der Waals surface area (Å²) in [5.41, 5.74) is 4.23. The zero-order chi connectivity index (χ0) is 36.5. The first kappa shape index (κ1) is 36.2. The quantitative estimate of drug-likeness (QED) is 0.182. The fourth-order valence-corrected chi connectivity index (χ4v) is 7.65. The molecule has 0 bridgehead atoms. The highest BCUT2D eigenvalue weighted by molar-refractivity contribution is 7.14. The number of likely N-dealkylation sites (tertiary alicyclic amines) is 1. The van der Waals surface area contributed by atoms with Crippen molar-refractivity contribution >= 4 is 29.1 Å². The molecule has 0 unspecified atom stereocenters. The molecule has 2 amide bonds. The lowest BCUT2D eigenvalue weighted by atomic mass is 9.78. The van der Waals surface area contributed by atoms with E-state index in [0.29, 0.717) is 23.5 Å². The molecule has 1 saturated heterocycles. The van der Waals surface area contributed by atoms with Crippen molar-refractivity contribution in [2.24, 2.45) is 11.8 Å². The zero-order valence-corrected chi connectivity index (χ0v) is 29.6. The third-order valence-corrected chi connectivity index (χ3v) is 11.4. The molecule has 2 aromatic heterocycles. The number of amides is 2. The molecule has 4 aromatic rings. The second-order valence-electron chi connectivity index (χ2n) is 14.6. The first-order chi connectivity index (χ1) is 24.2. The van der Waals surface area contributed by atoms with Crippen LogP contribution >= 0.6 is 11.3 Å². The van der Waals surface area contributed by atoms with E-state index in [2.05, 4.69) is 36.1 Å². The number of nitrogens with one attached hydrogen (secondary N) is 1. The summed E-state index contributed by atoms with van der Waals surface area (Å²) >= 11 is 1.39. The van der Waals surface area contributed by atoms with Crippen LogP contribution in [0.4, 0.5) is 13.2 Å². The zero-order valence-electron chi connectivity index (χ0n) is 28.7. The SMILES string of the molecule is CC(C)(C)c1ccc(C(=O)N[C@@H](Cc2ccc(-c3ncc(-c4ccc(C5CCC(C(F)(F)F)CC5)cc4)cn3)cc2)C(=O)N2CC(C(=O)O)C2)s1. The minimum Gasteiger partial charge on any atom is -0.481 e. The van der Waals surface area contributed by atoms with Gasteiger partial charge in [0.05, 0.1) is 16.7 Å². The Morgan fingerprint density at radius 2 is 1.47 bits per heavy atom. The lowest BCUT2D eigenvalue weighted by Crippen LogP contribution is -2.59. The van der Waals surface area contributed by atoms with Crippen LogP contribution in [0.5, 0.6) is 0 Å². The Hall–Kier alpha value is -4.58. The summed E-state index contributed by atoms with van der Waals surface area (Å²) in [6, 6.07) is 18.1. The summed E-state index contributed by atoms with van der Waals surface area (Å²) in [5.74, 6) is -2.78. The molecule has 0 radical (unpaired) electrons. The number of alkyl halides is 3. The number of hydrogen-bond acceptors (Lipinski definition) is 6. The largest absolute Gasteiger partial charge is 0.481 e. The normalized spacial score (nSPS) is 18.9. The Bertz CT molecular complexity index is 1850. The number of carboxylic acid groups (broad SMARTS) is 1. The number of hydrogen-bond donors (Lipinski definition) is 2. The van der Waals surface area contributed by atoms with Crippen LogP contribution in [-0.4, -0.2) is 63.1 Å². The van der Waals surface area contributed by atoms with E-state index in [0.717, 1.165) is 32.7 Å². The van der Waals surface area contributed by atoms with Crippen LogP contribution in [0.15, 0.2) is 73.1 Å². The highest BCUT2D eigenvalue weighted by Gasteiger charge is 2.42. The molecule has 51 heavy (non-hydrogen) atoms. The first-order valence-corrected chi connectivity index (χ1v) is 18.0. The first-order valence-electron chi connectivity index (χ1n) is 17.2. The highest BCUT2D eigenvalue weighted by Crippen LogP contribution is 2.43. The van der Waals surface area contributed by atoms with Gasteiger partial charge in [0.15, 0.2) is 5.82 Å². The molecule has 1 saturated carbocycles. The van der Waals surface area contributed by atoms with Gasteiger partial charge in [0, 0.05) is 47.9 Å². The second kappa shape index (κ2) is 14.6. The van der Waals surface area contributed by atoms with Gasteiger partial charge in [-0.05, 0) is 65.8 Å². The molecule has 1 atom stereocenters. The van der Waals surface area contributed by atoms with E-state index in [-0.39, 0.29) is 55.5 Å². The molecule has 1 aliphatic heterocycles. The second-order valence-corrected chi connectivity index (χ2v) is 15.7. The Labute approximate surface area is 299 Å². The molecule has 6 rings (SSSR count). The molecule has 2 fully saturated rings. The monoisotopic (exact) mass is 718 g/mol. The molecule has 2 aliphatic rings. The van der Waals surface area contributed by atoms with Crippen LogP contribution < -0.4 is 5.32 Å². The third-order valence-electron chi connectivity index (χ3n) is 9.92. The van der Waals surface area contributed by atoms with E-state index >= 15 is 0 Å². The minimum absolute atomic E-state index is 0.108. The van der Waals surface area contributed by atoms with Crippen LogP contribution in [-0.2, 0) is 21.4 Å². The number of rotatable bonds is 9. The average molecular weight is 719 g/mol. The van der Waals surface area contributed by atoms with Gasteiger partial charge in [0.2, 0.25) is 5.91 Å². The molecule has 0 spiro atoms. The summed E-state index contributed by atoms with van der Waals surface area (Å²) in [6.45, 7) is 6.42. The van der Waals surface area contributed by atoms with Crippen molar-refractivity contribution in [2.45, 2.75) is 76.4 Å². The van der Waals surface area contributed by atoms with E-state index in [9.17, 15) is 32.7 Å². The Kier molecular flexibility index (Phi) is 10.3. The summed E-state index contributed by atoms with van der Waals surface area (Å²) < 4.78 is 39.2. The summed E-state index contributed by atoms with van der Waals surface area (Å²) in [7, 11) is 0. The van der Waals surface area contributed by atoms with Crippen LogP contribution in [0.1, 0.15) is 78.0 Å². The van der Waals surface area contributed by atoms with Crippen molar-refractivity contribution in [2.75, 3.05) is 13.1 Å². The van der Waals surface area contributed by atoms with Crippen LogP contribution in [0, 0.1) is 11.8 Å². The molecule has 12 heteroatoms. The molecule has 1 aliphatic carbocycles. The maximum absolute atomic E-state index is 13.5. The van der Waals surface area contributed by atoms with Crippen molar-refractivity contribution in [3.8, 4) is 22.5 Å². The number of carboxylic acids is 1. The Balaban J connectivity index is 1.10. The van der Waals surface area contributed by atoms with Crippen molar-refractivity contribution < 1.29 is 32.7 Å². The average Bonchev–Trinajstić information content (AvgIpc) is 3.59. The van der Waals surface area contributed by atoms with Gasteiger partial charge in [-0.1, -0.05) is 69.3 Å². The topological polar surface area (TPSA) is 112 Å². The number of benzene rings is 2. The highest BCUT2D eigenvalue weighted by atomic mass is 32.1. The van der Waals surface area contributed by atoms with Gasteiger partial charge in [-0.25, -0.2) is 9.97 Å². The predicted octanol–water partition coefficient (Wildman–Crippen LogP) is 7.89. The van der Waals surface area contributed by atoms with E-state index < -0.39 is 30.0 Å². The number of halogens is 3. The van der Waals surface area contributed by atoms with Gasteiger partial charge in [0.1, 0.15) is 6.04 Å². The molecule has 268 valence electrons. The van der Waals surface area contributed by atoms with Gasteiger partial charge < -0.3 is 15.3 Å². The standard InChI is InChI=1S/C39H41F3N4O4S/c1-38(2,3)33-17-16-32(51-33)35(47)45-31(36(48)46-21-29(22-46)37(49)50)18-23-4-6-27(7-5-23)34-43-19-28(20-44-34)26-10-8-24(9-11-26)25-12-14-30(15-13-25)39(40,41)42/h4-11,16-17,19-20,25,29-31H,12-15,18,21-22H2,1-3H3,(H,45,47)(H,49,50)/t25?,30?,31-/m0/s1. The Morgan fingerprint density at radius 3 is 2.02 bits per heavy atom. The van der Waals surface area contributed by atoms with Crippen LogP contribution in [0.2, 0.25) is 0 Å². The molecule has 2 N–H and O–H groups in total. The number of thiophene rings is 1. The molecular weight excluding hydrogens is 678 g/mol. The van der Waals surface area contributed by atoms with Gasteiger partial charge in [-0.3, -0.25) is 14.4 Å². The van der Waals surface area contributed by atoms with Gasteiger partial charge in [-0.15, -0.1) is 11.3 Å². The van der Waals surface area contributed by atoms with Crippen LogP contribution in [0.3, 0.4) is 0 Å². The van der Waals surface area contributed by atoms with Crippen molar-refractivity contribution in [1.82, 2.24) is 20.2 Å². The van der Waals surface area contributed by atoms with Gasteiger partial charge in [-0.2, -0.15) is 13.2 Å². The maximum Gasteiger partial charge on any atom is 0.391 e. The summed E-state index contributed by atoms with van der Waals surface area (Å²) in [6.07, 6.45) is 0.976. The van der Waals surface area contributed by atoms with E-state index in [1.165, 1.54) is 16.2 Å². The smallest absolute Gasteiger partial charge is 0.391 e. The van der Waals surface area contributed by atoms with Crippen molar-refractivity contribution in [3.05, 3.63) is 93.9 Å². The summed E-state index contributed by atoms with van der Waals surface area (Å²) in [4.78, 5) is 50.2. The van der Waals surface area contributed by atoms with E-state index in [1.807, 2.05) is 54.6 Å². The van der Waals surface area contributed by atoms with Crippen molar-refractivity contribution in [1.29, 1.82) is 0 Å². The van der Waals surface area contributed by atoms with Gasteiger partial charge >= 0.3 is 12.1 Å². The lowest BCUT2D eigenvalue weighted by Gasteiger charge is -2.38. The van der Waals surface area contributed by atoms with E-state index in [4.69, 9.17) is 0 Å². The Morgan fingerprint density at radius 1 is 0.863 bits per heavy atom. The fraction of sp³-hybridized carbons (Fsp3) is 0.410. The molecule has 8 nitrogen and oxygen atoms in total. The number of aliphatic carboxylic acids is 1. The van der Waals surface area contributed by atoms with Crippen molar-refractivity contribution in [3.63, 3.8) is 0 Å².